The van der Waals surface area contributed by atoms with Gasteiger partial charge in [0.1, 0.15) is 0 Å². The normalized spacial score (nSPS) is 29.0. The van der Waals surface area contributed by atoms with E-state index in [1.807, 2.05) is 6.20 Å². The van der Waals surface area contributed by atoms with Gasteiger partial charge >= 0.3 is 0 Å². The van der Waals surface area contributed by atoms with Crippen LogP contribution in [0.15, 0.2) is 6.20 Å². The van der Waals surface area contributed by atoms with Gasteiger partial charge in [0.05, 0.1) is 12.3 Å². The van der Waals surface area contributed by atoms with Crippen molar-refractivity contribution in [3.05, 3.63) is 17.5 Å². The van der Waals surface area contributed by atoms with Crippen LogP contribution in [-0.4, -0.2) is 29.0 Å². The highest BCUT2D eigenvalue weighted by Gasteiger charge is 2.58. The summed E-state index contributed by atoms with van der Waals surface area (Å²) in [5.41, 5.74) is 2.91. The molecule has 0 aliphatic heterocycles. The van der Waals surface area contributed by atoms with Gasteiger partial charge in [0.2, 0.25) is 0 Å². The van der Waals surface area contributed by atoms with E-state index < -0.39 is 0 Å². The topological polar surface area (TPSA) is 49.9 Å². The number of nitrogens with zero attached hydrogens (tertiary/aromatic N) is 1. The summed E-state index contributed by atoms with van der Waals surface area (Å²) in [7, 11) is 0. The zero-order valence-electron chi connectivity index (χ0n) is 11.3. The largest absolute Gasteiger partial charge is 0.378 e. The van der Waals surface area contributed by atoms with Gasteiger partial charge in [-0.2, -0.15) is 5.10 Å². The fourth-order valence-electron chi connectivity index (χ4n) is 3.51. The highest BCUT2D eigenvalue weighted by Crippen LogP contribution is 2.57. The average Bonchev–Trinajstić information content (AvgIpc) is 2.66. The number of hydrogen-bond acceptors (Lipinski definition) is 3. The van der Waals surface area contributed by atoms with Gasteiger partial charge < -0.3 is 10.1 Å². The predicted molar refractivity (Wildman–Crippen MR) is 70.3 cm³/mol. The minimum absolute atomic E-state index is 0.452. The Morgan fingerprint density at radius 3 is 2.94 bits per heavy atom. The molecule has 1 aromatic heterocycles. The summed E-state index contributed by atoms with van der Waals surface area (Å²) in [5, 5.41) is 10.8. The molecule has 0 aromatic carbocycles. The van der Waals surface area contributed by atoms with Gasteiger partial charge in [0, 0.05) is 35.9 Å². The first-order valence-corrected chi connectivity index (χ1v) is 7.10. The first-order chi connectivity index (χ1) is 8.76. The first kappa shape index (κ1) is 12.2. The molecule has 1 heterocycles. The van der Waals surface area contributed by atoms with Gasteiger partial charge in [-0.3, -0.25) is 5.10 Å². The number of ether oxygens (including phenoxy) is 1. The Balaban J connectivity index is 1.57. The molecular weight excluding hydrogens is 226 g/mol. The van der Waals surface area contributed by atoms with E-state index in [1.165, 1.54) is 36.9 Å². The van der Waals surface area contributed by atoms with Crippen LogP contribution < -0.4 is 5.32 Å². The van der Waals surface area contributed by atoms with Crippen molar-refractivity contribution < 1.29 is 4.74 Å². The maximum absolute atomic E-state index is 5.87. The zero-order chi connectivity index (χ0) is 12.6. The van der Waals surface area contributed by atoms with E-state index in [1.54, 1.807) is 0 Å². The van der Waals surface area contributed by atoms with Crippen LogP contribution in [0.5, 0.6) is 0 Å². The summed E-state index contributed by atoms with van der Waals surface area (Å²) in [5.74, 6) is 0. The quantitative estimate of drug-likeness (QED) is 0.840. The Morgan fingerprint density at radius 1 is 1.56 bits per heavy atom. The van der Waals surface area contributed by atoms with E-state index in [9.17, 15) is 0 Å². The zero-order valence-corrected chi connectivity index (χ0v) is 11.3. The molecule has 2 aliphatic rings. The second-order valence-corrected chi connectivity index (χ2v) is 5.72. The van der Waals surface area contributed by atoms with Crippen LogP contribution in [0, 0.1) is 12.3 Å². The van der Waals surface area contributed by atoms with Crippen LogP contribution in [0.25, 0.3) is 0 Å². The molecule has 1 aromatic rings. The molecule has 0 amide bonds. The number of H-pyrrole nitrogens is 1. The lowest BCUT2D eigenvalue weighted by atomic mass is 9.51. The van der Waals surface area contributed by atoms with Crippen molar-refractivity contribution in [3.8, 4) is 0 Å². The lowest BCUT2D eigenvalue weighted by Crippen LogP contribution is -2.66. The molecule has 2 N–H and O–H groups in total. The van der Waals surface area contributed by atoms with Gasteiger partial charge in [-0.1, -0.05) is 6.42 Å². The van der Waals surface area contributed by atoms with Gasteiger partial charge in [0.25, 0.3) is 0 Å². The molecular formula is C14H23N3O. The lowest BCUT2D eigenvalue weighted by molar-refractivity contribution is -0.173. The van der Waals surface area contributed by atoms with E-state index in [-0.39, 0.29) is 0 Å². The van der Waals surface area contributed by atoms with E-state index in [0.29, 0.717) is 17.6 Å². The van der Waals surface area contributed by atoms with Gasteiger partial charge in [-0.15, -0.1) is 0 Å². The second-order valence-electron chi connectivity index (χ2n) is 5.72. The van der Waals surface area contributed by atoms with Crippen LogP contribution in [0.3, 0.4) is 0 Å². The van der Waals surface area contributed by atoms with Gasteiger partial charge in [0.15, 0.2) is 0 Å². The van der Waals surface area contributed by atoms with Crippen molar-refractivity contribution in [1.29, 1.82) is 0 Å². The summed E-state index contributed by atoms with van der Waals surface area (Å²) < 4.78 is 5.87. The number of aromatic nitrogens is 2. The molecule has 4 heteroatoms. The van der Waals surface area contributed by atoms with Gasteiger partial charge in [-0.05, 0) is 33.1 Å². The molecule has 0 radical (unpaired) electrons. The fourth-order valence-corrected chi connectivity index (χ4v) is 3.51. The maximum atomic E-state index is 5.87. The third-order valence-electron chi connectivity index (χ3n) is 4.91. The molecule has 3 rings (SSSR count). The Kier molecular flexibility index (Phi) is 3.16. The van der Waals surface area contributed by atoms with Crippen LogP contribution >= 0.6 is 0 Å². The summed E-state index contributed by atoms with van der Waals surface area (Å²) in [6.07, 6.45) is 7.63. The molecule has 100 valence electrons. The molecule has 0 bridgehead atoms. The minimum atomic E-state index is 0.452. The van der Waals surface area contributed by atoms with Crippen molar-refractivity contribution >= 4 is 0 Å². The SMILES string of the molecule is CCOC1CC(NCc2cn[nH]c2C)C12CCC2. The van der Waals surface area contributed by atoms with Crippen LogP contribution in [0.1, 0.15) is 43.9 Å². The average molecular weight is 249 g/mol. The molecule has 2 unspecified atom stereocenters. The number of aryl methyl sites for hydroxylation is 1. The second kappa shape index (κ2) is 4.67. The monoisotopic (exact) mass is 249 g/mol. The minimum Gasteiger partial charge on any atom is -0.378 e. The Labute approximate surface area is 108 Å². The van der Waals surface area contributed by atoms with Crippen molar-refractivity contribution in [2.45, 2.75) is 58.2 Å². The smallest absolute Gasteiger partial charge is 0.0661 e. The van der Waals surface area contributed by atoms with E-state index in [0.717, 1.165) is 13.2 Å². The third-order valence-corrected chi connectivity index (χ3v) is 4.91. The first-order valence-electron chi connectivity index (χ1n) is 7.10. The molecule has 2 atom stereocenters. The summed E-state index contributed by atoms with van der Waals surface area (Å²) in [4.78, 5) is 0. The number of hydrogen-bond donors (Lipinski definition) is 2. The van der Waals surface area contributed by atoms with Crippen molar-refractivity contribution in [2.75, 3.05) is 6.61 Å². The van der Waals surface area contributed by atoms with E-state index in [4.69, 9.17) is 4.74 Å². The Bertz CT molecular complexity index is 411. The molecule has 4 nitrogen and oxygen atoms in total. The van der Waals surface area contributed by atoms with E-state index >= 15 is 0 Å². The fraction of sp³-hybridized carbons (Fsp3) is 0.786. The molecule has 2 aliphatic carbocycles. The molecule has 2 saturated carbocycles. The summed E-state index contributed by atoms with van der Waals surface area (Å²) >= 11 is 0. The third kappa shape index (κ3) is 1.79. The van der Waals surface area contributed by atoms with Crippen molar-refractivity contribution in [2.24, 2.45) is 5.41 Å². The number of aromatic amines is 1. The van der Waals surface area contributed by atoms with Gasteiger partial charge in [-0.25, -0.2) is 0 Å². The summed E-state index contributed by atoms with van der Waals surface area (Å²) in [6.45, 7) is 5.95. The number of nitrogens with one attached hydrogen (secondary N) is 2. The van der Waals surface area contributed by atoms with Crippen molar-refractivity contribution in [1.82, 2.24) is 15.5 Å². The van der Waals surface area contributed by atoms with Crippen LogP contribution in [-0.2, 0) is 11.3 Å². The number of rotatable bonds is 5. The van der Waals surface area contributed by atoms with E-state index in [2.05, 4.69) is 29.4 Å². The van der Waals surface area contributed by atoms with Crippen molar-refractivity contribution in [3.63, 3.8) is 0 Å². The molecule has 1 spiro atoms. The molecule has 0 saturated heterocycles. The molecule has 2 fully saturated rings. The maximum Gasteiger partial charge on any atom is 0.0661 e. The van der Waals surface area contributed by atoms with Crippen LogP contribution in [0.4, 0.5) is 0 Å². The highest BCUT2D eigenvalue weighted by molar-refractivity contribution is 5.17. The molecule has 18 heavy (non-hydrogen) atoms. The summed E-state index contributed by atoms with van der Waals surface area (Å²) in [6, 6.07) is 0.636. The highest BCUT2D eigenvalue weighted by atomic mass is 16.5. The predicted octanol–water partition coefficient (Wildman–Crippen LogP) is 2.16. The Morgan fingerprint density at radius 2 is 2.39 bits per heavy atom. The Hall–Kier alpha value is -0.870. The standard InChI is InChI=1S/C14H23N3O/c1-3-18-13-7-12(14(13)5-4-6-14)15-8-11-9-16-17-10(11)2/h9,12-13,15H,3-8H2,1-2H3,(H,16,17). The lowest BCUT2D eigenvalue weighted by Gasteiger charge is -2.61. The van der Waals surface area contributed by atoms with Crippen LogP contribution in [0.2, 0.25) is 0 Å².